The van der Waals surface area contributed by atoms with E-state index in [1.165, 1.54) is 9.80 Å². The molecule has 2 bridgehead atoms. The smallest absolute Gasteiger partial charge is 0.418 e. The van der Waals surface area contributed by atoms with E-state index in [1.807, 2.05) is 0 Å². The van der Waals surface area contributed by atoms with E-state index in [2.05, 4.69) is 14.5 Å². The van der Waals surface area contributed by atoms with Crippen molar-refractivity contribution >= 4 is 28.6 Å². The highest BCUT2D eigenvalue weighted by Gasteiger charge is 2.49. The van der Waals surface area contributed by atoms with E-state index in [0.717, 1.165) is 0 Å². The number of carbonyl (C=O) groups excluding carboxylic acids is 3. The van der Waals surface area contributed by atoms with Gasteiger partial charge in [0.2, 0.25) is 11.8 Å². The van der Waals surface area contributed by atoms with Crippen molar-refractivity contribution in [3.8, 4) is 0 Å². The van der Waals surface area contributed by atoms with E-state index < -0.39 is 51.9 Å². The zero-order chi connectivity index (χ0) is 30.3. The Bertz CT molecular complexity index is 1250. The molecule has 0 aliphatic carbocycles. The summed E-state index contributed by atoms with van der Waals surface area (Å²) >= 11 is 0. The third kappa shape index (κ3) is 7.77. The number of hydroxylamine groups is 2. The normalized spacial score (nSPS) is 22.2. The molecule has 3 fully saturated rings. The zero-order valence-electron chi connectivity index (χ0n) is 24.1. The van der Waals surface area contributed by atoms with Gasteiger partial charge in [-0.2, -0.15) is 13.5 Å². The first kappa shape index (κ1) is 30.8. The monoisotopic (exact) mass is 602 g/mol. The third-order valence-corrected chi connectivity index (χ3v) is 7.10. The van der Waals surface area contributed by atoms with Gasteiger partial charge in [0.25, 0.3) is 0 Å². The van der Waals surface area contributed by atoms with Gasteiger partial charge in [-0.3, -0.25) is 9.45 Å². The van der Waals surface area contributed by atoms with Gasteiger partial charge in [0.15, 0.2) is 0 Å². The minimum atomic E-state index is -4.87. The Labute approximate surface area is 238 Å². The fourth-order valence-electron chi connectivity index (χ4n) is 5.05. The van der Waals surface area contributed by atoms with Gasteiger partial charge >= 0.3 is 28.6 Å². The fourth-order valence-corrected chi connectivity index (χ4v) is 5.44. The van der Waals surface area contributed by atoms with Crippen LogP contribution in [-0.2, 0) is 30.7 Å². The van der Waals surface area contributed by atoms with Gasteiger partial charge in [-0.05, 0) is 67.2 Å². The lowest BCUT2D eigenvalue weighted by molar-refractivity contribution is -0.0317. The minimum Gasteiger partial charge on any atom is -0.444 e. The molecule has 0 radical (unpaired) electrons. The molecule has 0 saturated carbocycles. The third-order valence-electron chi connectivity index (χ3n) is 6.76. The number of nitrogens with zero attached hydrogens (tertiary/aromatic N) is 6. The second kappa shape index (κ2) is 11.2. The van der Waals surface area contributed by atoms with Crippen molar-refractivity contribution < 1.29 is 45.5 Å². The van der Waals surface area contributed by atoms with Gasteiger partial charge in [0.05, 0.1) is 6.04 Å². The number of hydrogen-bond acceptors (Lipinski definition) is 11. The molecular weight excluding hydrogens is 564 g/mol. The van der Waals surface area contributed by atoms with Crippen LogP contribution in [0.25, 0.3) is 0 Å². The number of urea groups is 1. The SMILES string of the molecule is CC(C)(C)OC(=O)N1CCC(N(Cc2nnc([C@@H]3CC[C@@H]4CN3C(=O)N4OS(=O)(=O)O)o2)C(=O)OC(C)(C)C)CC1. The Morgan fingerprint density at radius 3 is 2.24 bits per heavy atom. The van der Waals surface area contributed by atoms with Crippen LogP contribution in [0.3, 0.4) is 0 Å². The molecule has 3 saturated heterocycles. The van der Waals surface area contributed by atoms with E-state index in [1.54, 1.807) is 46.4 Å². The largest absolute Gasteiger partial charge is 0.444 e. The molecule has 0 aromatic carbocycles. The van der Waals surface area contributed by atoms with Crippen molar-refractivity contribution in [3.05, 3.63) is 11.8 Å². The maximum absolute atomic E-state index is 13.2. The number of fused-ring (bicyclic) bond motifs is 2. The minimum absolute atomic E-state index is 0.0553. The summed E-state index contributed by atoms with van der Waals surface area (Å²) in [5, 5.41) is 8.85. The number of ether oxygens (including phenoxy) is 2. The first-order valence-electron chi connectivity index (χ1n) is 13.5. The average molecular weight is 603 g/mol. The Morgan fingerprint density at radius 2 is 1.66 bits per heavy atom. The topological polar surface area (TPSA) is 185 Å². The molecule has 17 heteroatoms. The standard InChI is InChI=1S/C24H38N6O10S/c1-23(2,3)38-21(32)27-11-9-15(10-12-27)28(22(33)39-24(4,5)6)14-18-25-26-19(37-18)17-8-7-16-13-29(17)20(31)30(16)40-41(34,35)36/h15-17H,7-14H2,1-6H3,(H,34,35,36)/t16-,17+/m1/s1. The second-order valence-corrected chi connectivity index (χ2v) is 13.4. The predicted molar refractivity (Wildman–Crippen MR) is 139 cm³/mol. The van der Waals surface area contributed by atoms with Gasteiger partial charge in [-0.1, -0.05) is 0 Å². The van der Waals surface area contributed by atoms with Gasteiger partial charge in [-0.15, -0.1) is 14.5 Å². The molecule has 1 aromatic rings. The number of hydrogen-bond donors (Lipinski definition) is 1. The summed E-state index contributed by atoms with van der Waals surface area (Å²) in [5.74, 6) is 0.254. The first-order valence-corrected chi connectivity index (χ1v) is 14.8. The number of aromatic nitrogens is 2. The maximum atomic E-state index is 13.2. The van der Waals surface area contributed by atoms with E-state index >= 15 is 0 Å². The Balaban J connectivity index is 1.46. The maximum Gasteiger partial charge on any atom is 0.418 e. The molecule has 230 valence electrons. The van der Waals surface area contributed by atoms with E-state index in [-0.39, 0.29) is 30.9 Å². The summed E-state index contributed by atoms with van der Waals surface area (Å²) in [4.78, 5) is 43.0. The highest BCUT2D eigenvalue weighted by Crippen LogP contribution is 2.38. The molecule has 0 unspecified atom stereocenters. The lowest BCUT2D eigenvalue weighted by Crippen LogP contribution is -2.50. The second-order valence-electron chi connectivity index (χ2n) is 12.4. The molecule has 3 aliphatic rings. The van der Waals surface area contributed by atoms with Crippen molar-refractivity contribution in [2.24, 2.45) is 0 Å². The quantitative estimate of drug-likeness (QED) is 0.470. The van der Waals surface area contributed by atoms with Gasteiger partial charge in [-0.25, -0.2) is 14.4 Å². The van der Waals surface area contributed by atoms with Crippen molar-refractivity contribution in [1.29, 1.82) is 0 Å². The van der Waals surface area contributed by atoms with Gasteiger partial charge in [0, 0.05) is 25.7 Å². The summed E-state index contributed by atoms with van der Waals surface area (Å²) in [6.45, 7) is 11.6. The van der Waals surface area contributed by atoms with Crippen LogP contribution in [0.2, 0.25) is 0 Å². The summed E-state index contributed by atoms with van der Waals surface area (Å²) in [6, 6.07) is -2.22. The van der Waals surface area contributed by atoms with Crippen LogP contribution in [0.15, 0.2) is 4.42 Å². The number of amides is 4. The van der Waals surface area contributed by atoms with Crippen LogP contribution in [0.5, 0.6) is 0 Å². The zero-order valence-corrected chi connectivity index (χ0v) is 24.9. The Morgan fingerprint density at radius 1 is 1.02 bits per heavy atom. The predicted octanol–water partition coefficient (Wildman–Crippen LogP) is 2.88. The van der Waals surface area contributed by atoms with Crippen molar-refractivity contribution in [3.63, 3.8) is 0 Å². The van der Waals surface area contributed by atoms with Crippen LogP contribution < -0.4 is 0 Å². The number of carbonyl (C=O) groups is 3. The van der Waals surface area contributed by atoms with Crippen LogP contribution in [-0.4, -0.2) is 104 Å². The molecule has 0 spiro atoms. The number of piperidine rings is 2. The molecule has 41 heavy (non-hydrogen) atoms. The number of rotatable bonds is 6. The fraction of sp³-hybridized carbons (Fsp3) is 0.792. The summed E-state index contributed by atoms with van der Waals surface area (Å²) in [6.07, 6.45) is 0.752. The van der Waals surface area contributed by atoms with Gasteiger partial charge in [0.1, 0.15) is 23.8 Å². The molecule has 4 heterocycles. The molecular formula is C24H38N6O10S. The van der Waals surface area contributed by atoms with Crippen molar-refractivity contribution in [1.82, 2.24) is 30.0 Å². The van der Waals surface area contributed by atoms with Crippen LogP contribution in [0, 0.1) is 0 Å². The van der Waals surface area contributed by atoms with Crippen LogP contribution in [0.4, 0.5) is 14.4 Å². The first-order chi connectivity index (χ1) is 18.9. The highest BCUT2D eigenvalue weighted by molar-refractivity contribution is 7.80. The van der Waals surface area contributed by atoms with Crippen LogP contribution >= 0.6 is 0 Å². The molecule has 2 atom stereocenters. The summed E-state index contributed by atoms with van der Waals surface area (Å²) in [5.41, 5.74) is -1.37. The van der Waals surface area contributed by atoms with Crippen LogP contribution in [0.1, 0.15) is 85.0 Å². The Kier molecular flexibility index (Phi) is 8.44. The Hall–Kier alpha value is -3.18. The van der Waals surface area contributed by atoms with E-state index in [0.29, 0.717) is 43.8 Å². The van der Waals surface area contributed by atoms with Crippen molar-refractivity contribution in [2.45, 2.75) is 103 Å². The molecule has 16 nitrogen and oxygen atoms in total. The number of likely N-dealkylation sites (tertiary alicyclic amines) is 1. The molecule has 3 aliphatic heterocycles. The summed E-state index contributed by atoms with van der Waals surface area (Å²) < 4.78 is 52.8. The van der Waals surface area contributed by atoms with Gasteiger partial charge < -0.3 is 23.7 Å². The average Bonchev–Trinajstić information content (AvgIpc) is 3.39. The molecule has 1 aromatic heterocycles. The van der Waals surface area contributed by atoms with Crippen molar-refractivity contribution in [2.75, 3.05) is 19.6 Å². The summed E-state index contributed by atoms with van der Waals surface area (Å²) in [7, 11) is -4.87. The molecule has 4 amide bonds. The van der Waals surface area contributed by atoms with E-state index in [9.17, 15) is 22.8 Å². The lowest BCUT2D eigenvalue weighted by atomic mass is 10.0. The van der Waals surface area contributed by atoms with E-state index in [4.69, 9.17) is 18.4 Å². The molecule has 1 N–H and O–H groups in total. The lowest BCUT2D eigenvalue weighted by Gasteiger charge is -2.38. The molecule has 4 rings (SSSR count). The highest BCUT2D eigenvalue weighted by atomic mass is 32.3.